The molecule has 5 rings (SSSR count). The van der Waals surface area contributed by atoms with E-state index < -0.39 is 5.91 Å². The van der Waals surface area contributed by atoms with E-state index >= 15 is 0 Å². The lowest BCUT2D eigenvalue weighted by molar-refractivity contribution is -0.123. The second-order valence-electron chi connectivity index (χ2n) is 11.7. The number of primary amides is 1. The third kappa shape index (κ3) is 11.9. The van der Waals surface area contributed by atoms with Gasteiger partial charge in [-0.1, -0.05) is 30.0 Å². The van der Waals surface area contributed by atoms with E-state index in [9.17, 15) is 9.59 Å². The topological polar surface area (TPSA) is 160 Å². The number of benzene rings is 2. The van der Waals surface area contributed by atoms with Crippen LogP contribution < -0.4 is 16.4 Å². The number of hydrogen-bond donors (Lipinski definition) is 3. The van der Waals surface area contributed by atoms with Crippen LogP contribution in [0.15, 0.2) is 67.0 Å². The van der Waals surface area contributed by atoms with Gasteiger partial charge in [-0.2, -0.15) is 0 Å². The summed E-state index contributed by atoms with van der Waals surface area (Å²) in [5.41, 5.74) is 10.3. The van der Waals surface area contributed by atoms with Gasteiger partial charge in [-0.3, -0.25) is 14.6 Å². The van der Waals surface area contributed by atoms with Gasteiger partial charge in [-0.25, -0.2) is 9.97 Å². The van der Waals surface area contributed by atoms with Crippen LogP contribution in [-0.2, 0) is 41.4 Å². The molecule has 0 fully saturated rings. The van der Waals surface area contributed by atoms with Crippen LogP contribution in [0, 0.1) is 11.8 Å². The molecule has 262 valence electrons. The van der Waals surface area contributed by atoms with Crippen molar-refractivity contribution in [2.45, 2.75) is 38.1 Å². The van der Waals surface area contributed by atoms with Crippen molar-refractivity contribution in [3.63, 3.8) is 0 Å². The van der Waals surface area contributed by atoms with E-state index in [0.29, 0.717) is 77.9 Å². The number of pyridine rings is 1. The zero-order chi connectivity index (χ0) is 34.8. The van der Waals surface area contributed by atoms with Crippen molar-refractivity contribution in [1.29, 1.82) is 0 Å². The van der Waals surface area contributed by atoms with Crippen LogP contribution in [0.4, 0.5) is 5.82 Å². The van der Waals surface area contributed by atoms with Crippen LogP contribution in [0.5, 0.6) is 0 Å². The molecule has 50 heavy (non-hydrogen) atoms. The number of amides is 2. The van der Waals surface area contributed by atoms with Gasteiger partial charge in [0.25, 0.3) is 0 Å². The van der Waals surface area contributed by atoms with Crippen molar-refractivity contribution in [3.05, 3.63) is 83.7 Å². The molecule has 1 aliphatic rings. The number of nitrogens with one attached hydrogen (secondary N) is 2. The lowest BCUT2D eigenvalue weighted by atomic mass is 10.1. The van der Waals surface area contributed by atoms with Gasteiger partial charge >= 0.3 is 0 Å². The molecule has 0 aliphatic heterocycles. The molecule has 4 N–H and O–H groups in total. The number of rotatable bonds is 20. The van der Waals surface area contributed by atoms with E-state index in [2.05, 4.69) is 51.7 Å². The molecule has 1 unspecified atom stereocenters. The Morgan fingerprint density at radius 1 is 0.860 bits per heavy atom. The van der Waals surface area contributed by atoms with Crippen LogP contribution in [0.3, 0.4) is 0 Å². The maximum atomic E-state index is 12.2. The number of unbranched alkanes of at least 4 members (excludes halogenated alkanes) is 1. The zero-order valence-corrected chi connectivity index (χ0v) is 28.2. The third-order valence-electron chi connectivity index (χ3n) is 7.87. The first-order valence-corrected chi connectivity index (χ1v) is 17.0. The van der Waals surface area contributed by atoms with Crippen LogP contribution in [0.25, 0.3) is 22.3 Å². The SMILES string of the molecule is NC(=O)COCCOCCOCCOCCNC(=O)CCCC#Cc1ccc2c(c1)CC(Nc1nc(-c3cccnc3)nc3ccccc13)C2. The average Bonchev–Trinajstić information content (AvgIpc) is 3.53. The van der Waals surface area contributed by atoms with E-state index in [1.807, 2.05) is 30.3 Å². The molecule has 2 heterocycles. The highest BCUT2D eigenvalue weighted by molar-refractivity contribution is 5.90. The highest BCUT2D eigenvalue weighted by Gasteiger charge is 2.23. The Balaban J connectivity index is 0.950. The van der Waals surface area contributed by atoms with Crippen molar-refractivity contribution in [2.24, 2.45) is 5.73 Å². The number of carbonyl (C=O) groups is 2. The summed E-state index contributed by atoms with van der Waals surface area (Å²) in [6, 6.07) is 18.6. The number of nitrogens with zero attached hydrogens (tertiary/aromatic N) is 3. The lowest BCUT2D eigenvalue weighted by Gasteiger charge is -2.15. The second kappa shape index (κ2) is 19.9. The summed E-state index contributed by atoms with van der Waals surface area (Å²) in [5.74, 6) is 7.46. The van der Waals surface area contributed by atoms with Crippen LogP contribution in [0.2, 0.25) is 0 Å². The van der Waals surface area contributed by atoms with Gasteiger partial charge in [0.05, 0.1) is 51.8 Å². The predicted octanol–water partition coefficient (Wildman–Crippen LogP) is 3.46. The summed E-state index contributed by atoms with van der Waals surface area (Å²) >= 11 is 0. The molecule has 0 bridgehead atoms. The quantitative estimate of drug-likeness (QED) is 0.0932. The zero-order valence-electron chi connectivity index (χ0n) is 28.2. The van der Waals surface area contributed by atoms with Crippen LogP contribution in [0.1, 0.15) is 36.0 Å². The molecule has 0 saturated carbocycles. The number of carbonyl (C=O) groups excluding carboxylic acids is 2. The normalized spacial score (nSPS) is 13.4. The number of aromatic nitrogens is 3. The number of hydrogen-bond acceptors (Lipinski definition) is 10. The Bertz CT molecular complexity index is 1760. The van der Waals surface area contributed by atoms with E-state index in [1.165, 1.54) is 11.1 Å². The summed E-state index contributed by atoms with van der Waals surface area (Å²) in [6.45, 7) is 3.15. The molecule has 2 aromatic heterocycles. The van der Waals surface area contributed by atoms with Gasteiger partial charge < -0.3 is 35.3 Å². The van der Waals surface area contributed by atoms with Crippen molar-refractivity contribution in [1.82, 2.24) is 20.3 Å². The standard InChI is InChI=1S/C38H44N6O6/c39-35(45)27-50-22-21-49-20-19-48-18-17-47-16-15-41-36(46)11-3-1-2-7-28-12-13-29-24-32(25-31(29)23-28)42-38-33-9-4-5-10-34(33)43-37(44-38)30-8-6-14-40-26-30/h4-6,8-10,12-14,23,26,32H,1,3,11,15-22,24-25,27H2,(H2,39,45)(H,41,46)(H,42,43,44). The first-order valence-electron chi connectivity index (χ1n) is 17.0. The Hall–Kier alpha value is -4.93. The monoisotopic (exact) mass is 680 g/mol. The molecule has 2 amide bonds. The van der Waals surface area contributed by atoms with Gasteiger partial charge in [0.15, 0.2) is 5.82 Å². The Kier molecular flexibility index (Phi) is 14.5. The van der Waals surface area contributed by atoms with Gasteiger partial charge in [0.1, 0.15) is 12.4 Å². The Labute approximate surface area is 292 Å². The second-order valence-corrected chi connectivity index (χ2v) is 11.7. The van der Waals surface area contributed by atoms with E-state index in [4.69, 9.17) is 34.6 Å². The minimum atomic E-state index is -0.504. The van der Waals surface area contributed by atoms with Crippen molar-refractivity contribution in [2.75, 3.05) is 64.7 Å². The number of anilines is 1. The van der Waals surface area contributed by atoms with Crippen molar-refractivity contribution < 1.29 is 28.5 Å². The first kappa shape index (κ1) is 36.4. The van der Waals surface area contributed by atoms with Gasteiger partial charge in [-0.05, 0) is 66.8 Å². The maximum Gasteiger partial charge on any atom is 0.243 e. The summed E-state index contributed by atoms with van der Waals surface area (Å²) in [5, 5.41) is 7.57. The maximum absolute atomic E-state index is 12.2. The van der Waals surface area contributed by atoms with Crippen molar-refractivity contribution in [3.8, 4) is 23.2 Å². The third-order valence-corrected chi connectivity index (χ3v) is 7.87. The largest absolute Gasteiger partial charge is 0.377 e. The van der Waals surface area contributed by atoms with Crippen molar-refractivity contribution >= 4 is 28.5 Å². The minimum Gasteiger partial charge on any atom is -0.377 e. The molecule has 0 saturated heterocycles. The van der Waals surface area contributed by atoms with E-state index in [0.717, 1.165) is 40.7 Å². The molecular weight excluding hydrogens is 636 g/mol. The van der Waals surface area contributed by atoms with Gasteiger partial charge in [-0.15, -0.1) is 0 Å². The molecule has 1 aliphatic carbocycles. The highest BCUT2D eigenvalue weighted by atomic mass is 16.6. The fourth-order valence-electron chi connectivity index (χ4n) is 5.49. The van der Waals surface area contributed by atoms with E-state index in [-0.39, 0.29) is 18.6 Å². The van der Waals surface area contributed by atoms with Crippen LogP contribution in [-0.4, -0.2) is 92.2 Å². The van der Waals surface area contributed by atoms with Crippen LogP contribution >= 0.6 is 0 Å². The molecule has 4 aromatic rings. The molecule has 12 heteroatoms. The number of nitrogens with two attached hydrogens (primary N) is 1. The summed E-state index contributed by atoms with van der Waals surface area (Å²) in [7, 11) is 0. The summed E-state index contributed by atoms with van der Waals surface area (Å²) in [6.07, 6.45) is 7.08. The number of fused-ring (bicyclic) bond motifs is 2. The lowest BCUT2D eigenvalue weighted by Crippen LogP contribution is -2.27. The molecular formula is C38H44N6O6. The molecule has 0 spiro atoms. The molecule has 1 atom stereocenters. The molecule has 2 aromatic carbocycles. The minimum absolute atomic E-state index is 0.0105. The number of para-hydroxylation sites is 1. The Morgan fingerprint density at radius 3 is 2.40 bits per heavy atom. The fraction of sp³-hybridized carbons (Fsp3) is 0.395. The summed E-state index contributed by atoms with van der Waals surface area (Å²) < 4.78 is 21.2. The van der Waals surface area contributed by atoms with E-state index in [1.54, 1.807) is 12.4 Å². The fourth-order valence-corrected chi connectivity index (χ4v) is 5.49. The van der Waals surface area contributed by atoms with Gasteiger partial charge in [0.2, 0.25) is 11.8 Å². The predicted molar refractivity (Wildman–Crippen MR) is 190 cm³/mol. The first-order chi connectivity index (χ1) is 24.5. The van der Waals surface area contributed by atoms with Gasteiger partial charge in [0, 0.05) is 54.3 Å². The molecule has 0 radical (unpaired) electrons. The average molecular weight is 681 g/mol. The molecule has 12 nitrogen and oxygen atoms in total. The summed E-state index contributed by atoms with van der Waals surface area (Å²) in [4.78, 5) is 36.6. The number of ether oxygens (including phenoxy) is 4. The Morgan fingerprint density at radius 2 is 1.62 bits per heavy atom. The highest BCUT2D eigenvalue weighted by Crippen LogP contribution is 2.29. The smallest absolute Gasteiger partial charge is 0.243 e.